The largest absolute Gasteiger partial charge is 0.314 e. The summed E-state index contributed by atoms with van der Waals surface area (Å²) in [6, 6.07) is 9.30. The molecule has 1 N–H and O–H groups in total. The summed E-state index contributed by atoms with van der Waals surface area (Å²) in [5.74, 6) is 3.07. The minimum atomic E-state index is 0.584. The van der Waals surface area contributed by atoms with Crippen LogP contribution in [0.2, 0.25) is 0 Å². The standard InChI is InChI=1S/C17H24BrN/c1-12(8-13-3-6-17(18)7-4-13)19-11-16-10-14-2-5-15(16)9-14/h3-4,6-7,12,14-16,19H,2,5,8-11H2,1H3. The second-order valence-corrected chi connectivity index (χ2v) is 7.49. The first-order valence-corrected chi connectivity index (χ1v) is 8.48. The Morgan fingerprint density at radius 1 is 1.21 bits per heavy atom. The number of hydrogen-bond acceptors (Lipinski definition) is 1. The van der Waals surface area contributed by atoms with Crippen molar-refractivity contribution in [2.75, 3.05) is 6.54 Å². The Hall–Kier alpha value is -0.340. The fourth-order valence-corrected chi connectivity index (χ4v) is 4.29. The number of halogens is 1. The molecule has 0 saturated heterocycles. The van der Waals surface area contributed by atoms with Crippen molar-refractivity contribution in [2.24, 2.45) is 17.8 Å². The average molecular weight is 322 g/mol. The Labute approximate surface area is 125 Å². The van der Waals surface area contributed by atoms with Gasteiger partial charge in [-0.25, -0.2) is 0 Å². The van der Waals surface area contributed by atoms with Crippen LogP contribution in [0, 0.1) is 17.8 Å². The molecule has 3 rings (SSSR count). The van der Waals surface area contributed by atoms with E-state index in [1.807, 2.05) is 0 Å². The minimum Gasteiger partial charge on any atom is -0.314 e. The molecule has 2 fully saturated rings. The van der Waals surface area contributed by atoms with Crippen molar-refractivity contribution < 1.29 is 0 Å². The van der Waals surface area contributed by atoms with E-state index >= 15 is 0 Å². The van der Waals surface area contributed by atoms with Crippen LogP contribution >= 0.6 is 15.9 Å². The first-order chi connectivity index (χ1) is 9.20. The number of hydrogen-bond donors (Lipinski definition) is 1. The molecule has 2 aliphatic carbocycles. The molecule has 4 unspecified atom stereocenters. The molecule has 1 aromatic rings. The molecule has 2 heteroatoms. The van der Waals surface area contributed by atoms with Gasteiger partial charge in [0.25, 0.3) is 0 Å². The van der Waals surface area contributed by atoms with E-state index in [9.17, 15) is 0 Å². The second-order valence-electron chi connectivity index (χ2n) is 6.57. The van der Waals surface area contributed by atoms with Crippen molar-refractivity contribution in [1.29, 1.82) is 0 Å². The maximum Gasteiger partial charge on any atom is 0.0175 e. The predicted molar refractivity (Wildman–Crippen MR) is 84.2 cm³/mol. The first kappa shape index (κ1) is 13.6. The molecule has 0 amide bonds. The fourth-order valence-electron chi connectivity index (χ4n) is 4.03. The second kappa shape index (κ2) is 5.97. The van der Waals surface area contributed by atoms with E-state index in [-0.39, 0.29) is 0 Å². The molecular weight excluding hydrogens is 298 g/mol. The van der Waals surface area contributed by atoms with Crippen molar-refractivity contribution in [1.82, 2.24) is 5.32 Å². The molecule has 0 aromatic heterocycles. The molecule has 1 nitrogen and oxygen atoms in total. The molecule has 0 heterocycles. The molecular formula is C17H24BrN. The maximum absolute atomic E-state index is 3.76. The van der Waals surface area contributed by atoms with Crippen LogP contribution in [0.4, 0.5) is 0 Å². The number of rotatable bonds is 5. The smallest absolute Gasteiger partial charge is 0.0175 e. The Morgan fingerprint density at radius 2 is 2.00 bits per heavy atom. The van der Waals surface area contributed by atoms with Gasteiger partial charge in [0.05, 0.1) is 0 Å². The highest BCUT2D eigenvalue weighted by molar-refractivity contribution is 9.10. The summed E-state index contributed by atoms with van der Waals surface area (Å²) in [5.41, 5.74) is 1.43. The van der Waals surface area contributed by atoms with Gasteiger partial charge in [0.1, 0.15) is 0 Å². The quantitative estimate of drug-likeness (QED) is 0.847. The number of benzene rings is 1. The van der Waals surface area contributed by atoms with Gasteiger partial charge in [0, 0.05) is 10.5 Å². The lowest BCUT2D eigenvalue weighted by atomic mass is 9.88. The predicted octanol–water partition coefficient (Wildman–Crippen LogP) is 4.41. The van der Waals surface area contributed by atoms with Gasteiger partial charge in [-0.15, -0.1) is 0 Å². The molecule has 104 valence electrons. The van der Waals surface area contributed by atoms with Crippen LogP contribution < -0.4 is 5.32 Å². The third-order valence-corrected chi connectivity index (χ3v) is 5.60. The van der Waals surface area contributed by atoms with Gasteiger partial charge in [-0.3, -0.25) is 0 Å². The normalized spacial score (nSPS) is 30.7. The number of nitrogens with one attached hydrogen (secondary N) is 1. The van der Waals surface area contributed by atoms with E-state index in [4.69, 9.17) is 0 Å². The summed E-state index contributed by atoms with van der Waals surface area (Å²) in [7, 11) is 0. The summed E-state index contributed by atoms with van der Waals surface area (Å²) in [6.45, 7) is 3.55. The Morgan fingerprint density at radius 3 is 2.63 bits per heavy atom. The zero-order valence-corrected chi connectivity index (χ0v) is 13.3. The molecule has 2 saturated carbocycles. The molecule has 0 spiro atoms. The van der Waals surface area contributed by atoms with Gasteiger partial charge in [-0.05, 0) is 74.6 Å². The van der Waals surface area contributed by atoms with Gasteiger partial charge >= 0.3 is 0 Å². The van der Waals surface area contributed by atoms with Gasteiger partial charge < -0.3 is 5.32 Å². The van der Waals surface area contributed by atoms with Crippen LogP contribution in [-0.4, -0.2) is 12.6 Å². The molecule has 19 heavy (non-hydrogen) atoms. The summed E-state index contributed by atoms with van der Waals surface area (Å²) >= 11 is 3.49. The molecule has 2 aliphatic rings. The van der Waals surface area contributed by atoms with Crippen molar-refractivity contribution in [3.8, 4) is 0 Å². The Kier molecular flexibility index (Phi) is 4.28. The zero-order chi connectivity index (χ0) is 13.2. The van der Waals surface area contributed by atoms with Gasteiger partial charge in [-0.2, -0.15) is 0 Å². The summed E-state index contributed by atoms with van der Waals surface area (Å²) < 4.78 is 1.17. The highest BCUT2D eigenvalue weighted by atomic mass is 79.9. The van der Waals surface area contributed by atoms with Gasteiger partial charge in [0.2, 0.25) is 0 Å². The van der Waals surface area contributed by atoms with Crippen LogP contribution in [0.25, 0.3) is 0 Å². The Bertz CT molecular complexity index is 414. The molecule has 0 aliphatic heterocycles. The number of fused-ring (bicyclic) bond motifs is 2. The van der Waals surface area contributed by atoms with Crippen molar-refractivity contribution in [2.45, 2.75) is 45.1 Å². The highest BCUT2D eigenvalue weighted by Gasteiger charge is 2.38. The molecule has 4 atom stereocenters. The maximum atomic E-state index is 3.76. The molecule has 0 radical (unpaired) electrons. The van der Waals surface area contributed by atoms with Crippen LogP contribution in [0.5, 0.6) is 0 Å². The van der Waals surface area contributed by atoms with Gasteiger partial charge in [0.15, 0.2) is 0 Å². The van der Waals surface area contributed by atoms with Crippen LogP contribution in [0.1, 0.15) is 38.2 Å². The zero-order valence-electron chi connectivity index (χ0n) is 11.7. The lowest BCUT2D eigenvalue weighted by molar-refractivity contribution is 0.308. The monoisotopic (exact) mass is 321 g/mol. The minimum absolute atomic E-state index is 0.584. The lowest BCUT2D eigenvalue weighted by Crippen LogP contribution is -2.34. The first-order valence-electron chi connectivity index (χ1n) is 7.68. The fraction of sp³-hybridized carbons (Fsp3) is 0.647. The van der Waals surface area contributed by atoms with Gasteiger partial charge in [-0.1, -0.05) is 34.5 Å². The van der Waals surface area contributed by atoms with E-state index in [2.05, 4.69) is 52.4 Å². The highest BCUT2D eigenvalue weighted by Crippen LogP contribution is 2.47. The van der Waals surface area contributed by atoms with Crippen molar-refractivity contribution in [3.05, 3.63) is 34.3 Å². The van der Waals surface area contributed by atoms with Crippen LogP contribution in [0.3, 0.4) is 0 Å². The summed E-state index contributed by atoms with van der Waals surface area (Å²) in [5, 5.41) is 3.76. The molecule has 2 bridgehead atoms. The van der Waals surface area contributed by atoms with E-state index in [1.54, 1.807) is 0 Å². The van der Waals surface area contributed by atoms with E-state index in [0.29, 0.717) is 6.04 Å². The topological polar surface area (TPSA) is 12.0 Å². The van der Waals surface area contributed by atoms with E-state index in [1.165, 1.54) is 42.3 Å². The Balaban J connectivity index is 1.44. The van der Waals surface area contributed by atoms with Crippen LogP contribution in [0.15, 0.2) is 28.7 Å². The average Bonchev–Trinajstić information content (AvgIpc) is 3.01. The molecule has 1 aromatic carbocycles. The third kappa shape index (κ3) is 3.41. The van der Waals surface area contributed by atoms with Crippen molar-refractivity contribution >= 4 is 15.9 Å². The SMILES string of the molecule is CC(Cc1ccc(Br)cc1)NCC1CC2CCC1C2. The lowest BCUT2D eigenvalue weighted by Gasteiger charge is -2.24. The van der Waals surface area contributed by atoms with Crippen molar-refractivity contribution in [3.63, 3.8) is 0 Å². The summed E-state index contributed by atoms with van der Waals surface area (Å²) in [6.07, 6.45) is 7.15. The third-order valence-electron chi connectivity index (χ3n) is 5.07. The van der Waals surface area contributed by atoms with Crippen LogP contribution in [-0.2, 0) is 6.42 Å². The summed E-state index contributed by atoms with van der Waals surface area (Å²) in [4.78, 5) is 0. The van der Waals surface area contributed by atoms with E-state index < -0.39 is 0 Å². The van der Waals surface area contributed by atoms with E-state index in [0.717, 1.165) is 24.2 Å².